The fraction of sp³-hybridized carbons (Fsp3) is 0.400. The van der Waals surface area contributed by atoms with Crippen LogP contribution < -0.4 is 0 Å². The highest BCUT2D eigenvalue weighted by Crippen LogP contribution is 2.38. The van der Waals surface area contributed by atoms with Gasteiger partial charge in [0.2, 0.25) is 0 Å². The first-order valence-corrected chi connectivity index (χ1v) is 9.57. The molecule has 138 valence electrons. The summed E-state index contributed by atoms with van der Waals surface area (Å²) in [5.41, 5.74) is 1.47. The molecule has 0 aromatic heterocycles. The fourth-order valence-electron chi connectivity index (χ4n) is 3.21. The van der Waals surface area contributed by atoms with Crippen LogP contribution >= 0.6 is 11.8 Å². The van der Waals surface area contributed by atoms with Gasteiger partial charge in [-0.2, -0.15) is 0 Å². The number of fused-ring (bicyclic) bond motifs is 1. The predicted molar refractivity (Wildman–Crippen MR) is 97.7 cm³/mol. The number of aliphatic hydroxyl groups excluding tert-OH is 2. The molecule has 0 radical (unpaired) electrons. The van der Waals surface area contributed by atoms with E-state index in [1.165, 1.54) is 17.3 Å². The maximum absolute atomic E-state index is 10.6. The minimum Gasteiger partial charge on any atom is -0.387 e. The zero-order chi connectivity index (χ0) is 18.1. The molecule has 2 fully saturated rings. The molecule has 4 rings (SSSR count). The molecular formula is C20H22O5S. The van der Waals surface area contributed by atoms with Crippen LogP contribution in [0, 0.1) is 6.92 Å². The Morgan fingerprint density at radius 3 is 2.38 bits per heavy atom. The predicted octanol–water partition coefficient (Wildman–Crippen LogP) is 2.65. The van der Waals surface area contributed by atoms with E-state index in [2.05, 4.69) is 0 Å². The van der Waals surface area contributed by atoms with Crippen molar-refractivity contribution in [3.8, 4) is 0 Å². The number of hydrogen-bond donors (Lipinski definition) is 2. The summed E-state index contributed by atoms with van der Waals surface area (Å²) in [7, 11) is 0. The van der Waals surface area contributed by atoms with Crippen LogP contribution in [-0.4, -0.2) is 46.7 Å². The molecule has 2 aromatic rings. The molecule has 3 unspecified atom stereocenters. The molecule has 2 saturated heterocycles. The monoisotopic (exact) mass is 374 g/mol. The molecule has 0 spiro atoms. The van der Waals surface area contributed by atoms with E-state index in [-0.39, 0.29) is 0 Å². The molecule has 5 nitrogen and oxygen atoms in total. The van der Waals surface area contributed by atoms with Crippen molar-refractivity contribution in [2.24, 2.45) is 0 Å². The molecule has 26 heavy (non-hydrogen) atoms. The third-order valence-corrected chi connectivity index (χ3v) is 5.84. The topological polar surface area (TPSA) is 68.2 Å². The zero-order valence-electron chi connectivity index (χ0n) is 14.4. The van der Waals surface area contributed by atoms with Gasteiger partial charge in [0.25, 0.3) is 0 Å². The van der Waals surface area contributed by atoms with Crippen molar-refractivity contribution in [3.63, 3.8) is 0 Å². The Labute approximate surface area is 156 Å². The van der Waals surface area contributed by atoms with Crippen LogP contribution in [0.1, 0.15) is 17.4 Å². The van der Waals surface area contributed by atoms with Crippen molar-refractivity contribution in [2.75, 3.05) is 6.61 Å². The smallest absolute Gasteiger partial charge is 0.184 e. The lowest BCUT2D eigenvalue weighted by Gasteiger charge is -2.46. The number of rotatable bonds is 3. The van der Waals surface area contributed by atoms with Gasteiger partial charge in [0.1, 0.15) is 29.9 Å². The summed E-state index contributed by atoms with van der Waals surface area (Å²) in [5.74, 6) is 0. The second-order valence-electron chi connectivity index (χ2n) is 6.63. The maximum atomic E-state index is 10.6. The first-order chi connectivity index (χ1) is 12.6. The van der Waals surface area contributed by atoms with Crippen LogP contribution in [0.4, 0.5) is 0 Å². The quantitative estimate of drug-likeness (QED) is 0.861. The van der Waals surface area contributed by atoms with Crippen LogP contribution in [0.25, 0.3) is 0 Å². The minimum atomic E-state index is -1.04. The Morgan fingerprint density at radius 2 is 1.65 bits per heavy atom. The van der Waals surface area contributed by atoms with Crippen molar-refractivity contribution in [2.45, 2.75) is 48.0 Å². The van der Waals surface area contributed by atoms with Gasteiger partial charge in [0, 0.05) is 10.5 Å². The fourth-order valence-corrected chi connectivity index (χ4v) is 4.27. The molecule has 2 aliphatic rings. The average Bonchev–Trinajstić information content (AvgIpc) is 2.68. The summed E-state index contributed by atoms with van der Waals surface area (Å²) < 4.78 is 17.7. The Balaban J connectivity index is 1.45. The molecule has 0 saturated carbocycles. The summed E-state index contributed by atoms with van der Waals surface area (Å²) in [4.78, 5) is 0.977. The van der Waals surface area contributed by atoms with E-state index in [0.29, 0.717) is 6.61 Å². The third-order valence-electron chi connectivity index (χ3n) is 4.68. The zero-order valence-corrected chi connectivity index (χ0v) is 15.2. The summed E-state index contributed by atoms with van der Waals surface area (Å²) in [6, 6.07) is 17.5. The summed E-state index contributed by atoms with van der Waals surface area (Å²) >= 11 is 1.39. The Hall–Kier alpha value is -1.41. The third kappa shape index (κ3) is 3.67. The molecular weight excluding hydrogens is 352 g/mol. The molecule has 2 N–H and O–H groups in total. The number of ether oxygens (including phenoxy) is 3. The summed E-state index contributed by atoms with van der Waals surface area (Å²) in [5, 5.41) is 21.1. The highest BCUT2D eigenvalue weighted by atomic mass is 32.2. The molecule has 0 amide bonds. The molecule has 2 aromatic carbocycles. The van der Waals surface area contributed by atoms with E-state index in [1.807, 2.05) is 61.5 Å². The minimum absolute atomic E-state index is 0.305. The van der Waals surface area contributed by atoms with Crippen LogP contribution in [-0.2, 0) is 14.2 Å². The van der Waals surface area contributed by atoms with Crippen LogP contribution in [0.2, 0.25) is 0 Å². The lowest BCUT2D eigenvalue weighted by molar-refractivity contribution is -0.318. The second kappa shape index (κ2) is 7.68. The van der Waals surface area contributed by atoms with E-state index >= 15 is 0 Å². The number of benzene rings is 2. The highest BCUT2D eigenvalue weighted by molar-refractivity contribution is 7.99. The lowest BCUT2D eigenvalue weighted by atomic mass is 9.99. The van der Waals surface area contributed by atoms with Crippen molar-refractivity contribution in [1.29, 1.82) is 0 Å². The van der Waals surface area contributed by atoms with Gasteiger partial charge in [-0.05, 0) is 19.1 Å². The van der Waals surface area contributed by atoms with Gasteiger partial charge in [0.05, 0.1) is 6.61 Å². The number of thioether (sulfide) groups is 1. The molecule has 0 bridgehead atoms. The van der Waals surface area contributed by atoms with Crippen molar-refractivity contribution >= 4 is 11.8 Å². The van der Waals surface area contributed by atoms with Crippen LogP contribution in [0.15, 0.2) is 59.5 Å². The van der Waals surface area contributed by atoms with Crippen molar-refractivity contribution in [3.05, 3.63) is 65.7 Å². The van der Waals surface area contributed by atoms with Gasteiger partial charge >= 0.3 is 0 Å². The first kappa shape index (κ1) is 18.0. The standard InChI is InChI=1S/C20H22O5S/c1-12-7-9-14(10-8-12)26-20-17(22)16(21)18-15(24-20)11-23-19(25-18)13-5-3-2-4-6-13/h2-10,15-22H,11H2,1H3/t15-,16?,17?,18+,19?,20+/m1/s1. The SMILES string of the molecule is Cc1ccc(S[C@@H]2O[C@@H]3COC(c4ccccc4)O[C@@H]3C(O)C2O)cc1. The number of aryl methyl sites for hydroxylation is 1. The van der Waals surface area contributed by atoms with Gasteiger partial charge in [-0.15, -0.1) is 0 Å². The molecule has 2 heterocycles. The van der Waals surface area contributed by atoms with Crippen LogP contribution in [0.3, 0.4) is 0 Å². The number of hydrogen-bond acceptors (Lipinski definition) is 6. The van der Waals surface area contributed by atoms with E-state index in [0.717, 1.165) is 10.5 Å². The Bertz CT molecular complexity index is 721. The van der Waals surface area contributed by atoms with Gasteiger partial charge < -0.3 is 24.4 Å². The van der Waals surface area contributed by atoms with E-state index in [9.17, 15) is 10.2 Å². The van der Waals surface area contributed by atoms with Crippen molar-refractivity contribution in [1.82, 2.24) is 0 Å². The first-order valence-electron chi connectivity index (χ1n) is 8.69. The Morgan fingerprint density at radius 1 is 0.923 bits per heavy atom. The van der Waals surface area contributed by atoms with Crippen molar-refractivity contribution < 1.29 is 24.4 Å². The molecule has 2 aliphatic heterocycles. The van der Waals surface area contributed by atoms with Gasteiger partial charge in [-0.1, -0.05) is 59.8 Å². The van der Waals surface area contributed by atoms with Gasteiger partial charge in [-0.3, -0.25) is 0 Å². The largest absolute Gasteiger partial charge is 0.387 e. The van der Waals surface area contributed by atoms with E-state index in [1.54, 1.807) is 0 Å². The summed E-state index contributed by atoms with van der Waals surface area (Å²) in [6.07, 6.45) is -3.69. The van der Waals surface area contributed by atoms with E-state index < -0.39 is 36.1 Å². The Kier molecular flexibility index (Phi) is 5.31. The maximum Gasteiger partial charge on any atom is 0.184 e. The number of aliphatic hydroxyl groups is 2. The van der Waals surface area contributed by atoms with E-state index in [4.69, 9.17) is 14.2 Å². The highest BCUT2D eigenvalue weighted by Gasteiger charge is 2.49. The molecule has 0 aliphatic carbocycles. The van der Waals surface area contributed by atoms with Gasteiger partial charge in [-0.25, -0.2) is 0 Å². The molecule has 6 atom stereocenters. The average molecular weight is 374 g/mol. The van der Waals surface area contributed by atoms with Crippen LogP contribution in [0.5, 0.6) is 0 Å². The van der Waals surface area contributed by atoms with Gasteiger partial charge in [0.15, 0.2) is 6.29 Å². The summed E-state index contributed by atoms with van der Waals surface area (Å²) in [6.45, 7) is 2.33. The normalized spacial score (nSPS) is 34.3. The lowest BCUT2D eigenvalue weighted by Crippen LogP contribution is -2.60. The molecule has 6 heteroatoms. The second-order valence-corrected chi connectivity index (χ2v) is 7.80.